The average Bonchev–Trinajstić information content (AvgIpc) is 2.67. The van der Waals surface area contributed by atoms with Gasteiger partial charge in [0.1, 0.15) is 0 Å². The number of sulfonamides is 1. The second kappa shape index (κ2) is 5.14. The minimum atomic E-state index is -3.48. The molecule has 0 amide bonds. The number of benzene rings is 1. The fourth-order valence-electron chi connectivity index (χ4n) is 1.80. The van der Waals surface area contributed by atoms with Crippen LogP contribution < -0.4 is 4.72 Å². The number of rotatable bonds is 4. The van der Waals surface area contributed by atoms with E-state index in [1.165, 1.54) is 0 Å². The Kier molecular flexibility index (Phi) is 3.73. The monoisotopic (exact) mass is 279 g/mol. The smallest absolute Gasteiger partial charge is 0.240 e. The van der Waals surface area contributed by atoms with Gasteiger partial charge in [0.15, 0.2) is 0 Å². The van der Waals surface area contributed by atoms with Gasteiger partial charge in [0, 0.05) is 17.8 Å². The van der Waals surface area contributed by atoms with Gasteiger partial charge in [0.2, 0.25) is 10.0 Å². The van der Waals surface area contributed by atoms with Gasteiger partial charge in [-0.1, -0.05) is 17.7 Å². The molecule has 0 aliphatic rings. The summed E-state index contributed by atoms with van der Waals surface area (Å²) in [5, 5.41) is 6.88. The van der Waals surface area contributed by atoms with Gasteiger partial charge in [-0.3, -0.25) is 5.10 Å². The van der Waals surface area contributed by atoms with Crippen molar-refractivity contribution in [2.75, 3.05) is 0 Å². The number of aryl methyl sites for hydroxylation is 3. The molecule has 19 heavy (non-hydrogen) atoms. The first kappa shape index (κ1) is 13.8. The van der Waals surface area contributed by atoms with E-state index in [2.05, 4.69) is 14.9 Å². The minimum Gasteiger partial charge on any atom is -0.282 e. The van der Waals surface area contributed by atoms with E-state index >= 15 is 0 Å². The maximum Gasteiger partial charge on any atom is 0.240 e. The molecule has 0 radical (unpaired) electrons. The first-order valence-corrected chi connectivity index (χ1v) is 7.45. The lowest BCUT2D eigenvalue weighted by atomic mass is 10.2. The highest BCUT2D eigenvalue weighted by atomic mass is 32.2. The van der Waals surface area contributed by atoms with Crippen molar-refractivity contribution in [3.63, 3.8) is 0 Å². The largest absolute Gasteiger partial charge is 0.282 e. The summed E-state index contributed by atoms with van der Waals surface area (Å²) in [7, 11) is -3.48. The predicted octanol–water partition coefficient (Wildman–Crippen LogP) is 1.81. The van der Waals surface area contributed by atoms with Crippen LogP contribution in [0.4, 0.5) is 0 Å². The van der Waals surface area contributed by atoms with E-state index in [9.17, 15) is 8.42 Å². The van der Waals surface area contributed by atoms with Gasteiger partial charge in [0.25, 0.3) is 0 Å². The summed E-state index contributed by atoms with van der Waals surface area (Å²) in [6, 6.07) is 6.77. The quantitative estimate of drug-likeness (QED) is 0.896. The molecule has 0 saturated carbocycles. The molecular formula is C13H17N3O2S. The van der Waals surface area contributed by atoms with Crippen LogP contribution in [0.5, 0.6) is 0 Å². The highest BCUT2D eigenvalue weighted by Crippen LogP contribution is 2.13. The molecular weight excluding hydrogens is 262 g/mol. The number of hydrogen-bond donors (Lipinski definition) is 2. The Morgan fingerprint density at radius 1 is 1.16 bits per heavy atom. The second-order valence-corrected chi connectivity index (χ2v) is 6.32. The Morgan fingerprint density at radius 2 is 1.79 bits per heavy atom. The highest BCUT2D eigenvalue weighted by molar-refractivity contribution is 7.89. The van der Waals surface area contributed by atoms with Crippen molar-refractivity contribution in [2.24, 2.45) is 0 Å². The predicted molar refractivity (Wildman–Crippen MR) is 73.3 cm³/mol. The summed E-state index contributed by atoms with van der Waals surface area (Å²) in [5.74, 6) is 0. The molecule has 0 aliphatic heterocycles. The van der Waals surface area contributed by atoms with Crippen LogP contribution in [0.25, 0.3) is 0 Å². The zero-order valence-electron chi connectivity index (χ0n) is 11.2. The maximum atomic E-state index is 12.1. The SMILES string of the molecule is Cc1ccc(S(=O)(=O)NCc2c(C)n[nH]c2C)cc1. The lowest BCUT2D eigenvalue weighted by Gasteiger charge is -2.07. The summed E-state index contributed by atoms with van der Waals surface area (Å²) >= 11 is 0. The summed E-state index contributed by atoms with van der Waals surface area (Å²) in [4.78, 5) is 0.275. The molecule has 6 heteroatoms. The van der Waals surface area contributed by atoms with Crippen molar-refractivity contribution >= 4 is 10.0 Å². The van der Waals surface area contributed by atoms with Crippen molar-refractivity contribution < 1.29 is 8.42 Å². The normalized spacial score (nSPS) is 11.7. The highest BCUT2D eigenvalue weighted by Gasteiger charge is 2.15. The lowest BCUT2D eigenvalue weighted by molar-refractivity contribution is 0.581. The molecule has 0 saturated heterocycles. The lowest BCUT2D eigenvalue weighted by Crippen LogP contribution is -2.23. The third kappa shape index (κ3) is 3.02. The fraction of sp³-hybridized carbons (Fsp3) is 0.308. The molecule has 1 aromatic carbocycles. The molecule has 2 N–H and O–H groups in total. The third-order valence-corrected chi connectivity index (χ3v) is 4.47. The molecule has 2 aromatic rings. The molecule has 0 spiro atoms. The standard InChI is InChI=1S/C13H17N3O2S/c1-9-4-6-12(7-5-9)19(17,18)14-8-13-10(2)15-16-11(13)3/h4-7,14H,8H2,1-3H3,(H,15,16). The Hall–Kier alpha value is -1.66. The molecule has 5 nitrogen and oxygen atoms in total. The molecule has 0 fully saturated rings. The summed E-state index contributed by atoms with van der Waals surface area (Å²) in [5.41, 5.74) is 3.60. The summed E-state index contributed by atoms with van der Waals surface area (Å²) in [6.45, 7) is 5.88. The molecule has 0 bridgehead atoms. The Morgan fingerprint density at radius 3 is 2.32 bits per heavy atom. The van der Waals surface area contributed by atoms with Crippen molar-refractivity contribution in [3.8, 4) is 0 Å². The van der Waals surface area contributed by atoms with E-state index in [-0.39, 0.29) is 11.4 Å². The molecule has 0 aliphatic carbocycles. The van der Waals surface area contributed by atoms with E-state index in [1.54, 1.807) is 24.3 Å². The third-order valence-electron chi connectivity index (χ3n) is 3.05. The van der Waals surface area contributed by atoms with E-state index in [1.807, 2.05) is 20.8 Å². The Bertz CT molecular complexity index is 653. The van der Waals surface area contributed by atoms with Crippen molar-refractivity contribution in [1.29, 1.82) is 0 Å². The van der Waals surface area contributed by atoms with E-state index in [4.69, 9.17) is 0 Å². The van der Waals surface area contributed by atoms with Crippen molar-refractivity contribution in [3.05, 3.63) is 46.8 Å². The van der Waals surface area contributed by atoms with Crippen LogP contribution in [0.3, 0.4) is 0 Å². The molecule has 1 heterocycles. The fourth-order valence-corrected chi connectivity index (χ4v) is 2.80. The van der Waals surface area contributed by atoms with Crippen LogP contribution in [0.1, 0.15) is 22.5 Å². The van der Waals surface area contributed by atoms with E-state index < -0.39 is 10.0 Å². The first-order chi connectivity index (χ1) is 8.90. The van der Waals surface area contributed by atoms with Gasteiger partial charge in [-0.2, -0.15) is 5.10 Å². The van der Waals surface area contributed by atoms with Crippen LogP contribution in [-0.4, -0.2) is 18.6 Å². The molecule has 1 aromatic heterocycles. The molecule has 0 unspecified atom stereocenters. The summed E-state index contributed by atoms with van der Waals surface area (Å²) in [6.07, 6.45) is 0. The zero-order chi connectivity index (χ0) is 14.0. The van der Waals surface area contributed by atoms with Gasteiger partial charge >= 0.3 is 0 Å². The number of aromatic amines is 1. The zero-order valence-corrected chi connectivity index (χ0v) is 12.0. The number of hydrogen-bond acceptors (Lipinski definition) is 3. The van der Waals surface area contributed by atoms with Crippen molar-refractivity contribution in [1.82, 2.24) is 14.9 Å². The summed E-state index contributed by atoms with van der Waals surface area (Å²) < 4.78 is 26.8. The number of nitrogens with one attached hydrogen (secondary N) is 2. The van der Waals surface area contributed by atoms with Gasteiger partial charge in [-0.05, 0) is 32.9 Å². The number of nitrogens with zero attached hydrogens (tertiary/aromatic N) is 1. The van der Waals surface area contributed by atoms with Gasteiger partial charge in [-0.25, -0.2) is 13.1 Å². The Labute approximate surface area is 113 Å². The van der Waals surface area contributed by atoms with Gasteiger partial charge in [-0.15, -0.1) is 0 Å². The molecule has 0 atom stereocenters. The van der Waals surface area contributed by atoms with Crippen LogP contribution in [0.2, 0.25) is 0 Å². The van der Waals surface area contributed by atoms with Crippen LogP contribution in [0.15, 0.2) is 29.2 Å². The number of aromatic nitrogens is 2. The van der Waals surface area contributed by atoms with Crippen LogP contribution >= 0.6 is 0 Å². The second-order valence-electron chi connectivity index (χ2n) is 4.55. The minimum absolute atomic E-state index is 0.240. The van der Waals surface area contributed by atoms with Crippen LogP contribution in [-0.2, 0) is 16.6 Å². The van der Waals surface area contributed by atoms with E-state index in [0.717, 1.165) is 22.5 Å². The molecule has 102 valence electrons. The maximum absolute atomic E-state index is 12.1. The van der Waals surface area contributed by atoms with Gasteiger partial charge < -0.3 is 0 Å². The van der Waals surface area contributed by atoms with E-state index in [0.29, 0.717) is 0 Å². The number of H-pyrrole nitrogens is 1. The van der Waals surface area contributed by atoms with Crippen molar-refractivity contribution in [2.45, 2.75) is 32.2 Å². The van der Waals surface area contributed by atoms with Gasteiger partial charge in [0.05, 0.1) is 10.6 Å². The topological polar surface area (TPSA) is 74.8 Å². The first-order valence-electron chi connectivity index (χ1n) is 5.97. The van der Waals surface area contributed by atoms with Crippen LogP contribution in [0, 0.1) is 20.8 Å². The Balaban J connectivity index is 2.16. The average molecular weight is 279 g/mol. The molecule has 2 rings (SSSR count).